The van der Waals surface area contributed by atoms with Crippen LogP contribution in [0, 0.1) is 0 Å². The van der Waals surface area contributed by atoms with Crippen LogP contribution in [-0.4, -0.2) is 49.4 Å². The summed E-state index contributed by atoms with van der Waals surface area (Å²) < 4.78 is 15.7. The van der Waals surface area contributed by atoms with E-state index in [0.29, 0.717) is 30.5 Å². The largest absolute Gasteiger partial charge is 0.486 e. The Kier molecular flexibility index (Phi) is 3.92. The maximum absolute atomic E-state index is 11.9. The number of carbonyl (C=O) groups is 2. The van der Waals surface area contributed by atoms with E-state index >= 15 is 0 Å². The molecule has 1 saturated heterocycles. The van der Waals surface area contributed by atoms with Crippen LogP contribution in [0.15, 0.2) is 18.2 Å². The molecular weight excluding hydrogens is 294 g/mol. The number of carbonyl (C=O) groups excluding carboxylic acids is 2. The van der Waals surface area contributed by atoms with Crippen LogP contribution in [0.3, 0.4) is 0 Å². The zero-order valence-corrected chi connectivity index (χ0v) is 12.4. The highest BCUT2D eigenvalue weighted by Crippen LogP contribution is 2.41. The van der Waals surface area contributed by atoms with Crippen LogP contribution in [0.2, 0.25) is 0 Å². The number of fused-ring (bicyclic) bond motifs is 1. The van der Waals surface area contributed by atoms with Crippen LogP contribution < -0.4 is 9.47 Å². The fourth-order valence-corrected chi connectivity index (χ4v) is 3.50. The minimum Gasteiger partial charge on any atom is -0.486 e. The predicted molar refractivity (Wildman–Crippen MR) is 76.4 cm³/mol. The minimum absolute atomic E-state index is 0.0402. The number of hydrogen-bond acceptors (Lipinski definition) is 6. The number of thioether (sulfide) groups is 1. The standard InChI is InChI=1S/C14H15NO5S/c1-18-13(17)7-15-12(16)8-21-14(15)9-2-3-10-11(6-9)20-5-4-19-10/h2-3,6,14H,4-5,7-8H2,1H3. The van der Waals surface area contributed by atoms with E-state index in [2.05, 4.69) is 4.74 Å². The van der Waals surface area contributed by atoms with Crippen molar-refractivity contribution in [1.29, 1.82) is 0 Å². The van der Waals surface area contributed by atoms with Gasteiger partial charge in [-0.05, 0) is 17.7 Å². The van der Waals surface area contributed by atoms with Crippen LogP contribution in [0.1, 0.15) is 10.9 Å². The van der Waals surface area contributed by atoms with Gasteiger partial charge in [0.25, 0.3) is 0 Å². The minimum atomic E-state index is -0.423. The van der Waals surface area contributed by atoms with Gasteiger partial charge < -0.3 is 19.1 Å². The van der Waals surface area contributed by atoms with E-state index in [1.54, 1.807) is 0 Å². The molecule has 1 aromatic rings. The maximum atomic E-state index is 11.9. The third kappa shape index (κ3) is 2.78. The molecule has 0 spiro atoms. The van der Waals surface area contributed by atoms with Gasteiger partial charge in [0.1, 0.15) is 25.1 Å². The Morgan fingerprint density at radius 1 is 1.38 bits per heavy atom. The first kappa shape index (κ1) is 14.1. The van der Waals surface area contributed by atoms with Crippen molar-refractivity contribution in [1.82, 2.24) is 4.90 Å². The lowest BCUT2D eigenvalue weighted by atomic mass is 10.1. The highest BCUT2D eigenvalue weighted by Gasteiger charge is 2.35. The molecular formula is C14H15NO5S. The van der Waals surface area contributed by atoms with Crippen molar-refractivity contribution in [3.63, 3.8) is 0 Å². The quantitative estimate of drug-likeness (QED) is 0.782. The fraction of sp³-hybridized carbons (Fsp3) is 0.429. The fourth-order valence-electron chi connectivity index (χ4n) is 2.32. The zero-order valence-electron chi connectivity index (χ0n) is 11.5. The van der Waals surface area contributed by atoms with Crippen LogP contribution in [0.25, 0.3) is 0 Å². The molecule has 7 heteroatoms. The molecule has 2 aliphatic heterocycles. The molecule has 112 valence electrons. The van der Waals surface area contributed by atoms with Gasteiger partial charge in [0.15, 0.2) is 11.5 Å². The summed E-state index contributed by atoms with van der Waals surface area (Å²) in [7, 11) is 1.31. The van der Waals surface area contributed by atoms with Crippen molar-refractivity contribution in [3.05, 3.63) is 23.8 Å². The summed E-state index contributed by atoms with van der Waals surface area (Å²) in [5.74, 6) is 1.25. The van der Waals surface area contributed by atoms with Crippen molar-refractivity contribution in [3.8, 4) is 11.5 Å². The Morgan fingerprint density at radius 3 is 2.90 bits per heavy atom. The molecule has 0 N–H and O–H groups in total. The van der Waals surface area contributed by atoms with E-state index in [9.17, 15) is 9.59 Å². The number of ether oxygens (including phenoxy) is 3. The third-order valence-electron chi connectivity index (χ3n) is 3.35. The number of methoxy groups -OCH3 is 1. The molecule has 1 aromatic carbocycles. The Balaban J connectivity index is 1.84. The zero-order chi connectivity index (χ0) is 14.8. The molecule has 1 amide bonds. The van der Waals surface area contributed by atoms with Gasteiger partial charge in [0.05, 0.1) is 12.9 Å². The molecule has 2 aliphatic rings. The second kappa shape index (κ2) is 5.85. The van der Waals surface area contributed by atoms with E-state index in [1.807, 2.05) is 18.2 Å². The Hall–Kier alpha value is -1.89. The van der Waals surface area contributed by atoms with Crippen molar-refractivity contribution >= 4 is 23.6 Å². The molecule has 1 atom stereocenters. The molecule has 0 saturated carbocycles. The summed E-state index contributed by atoms with van der Waals surface area (Å²) in [6.07, 6.45) is 0. The summed E-state index contributed by atoms with van der Waals surface area (Å²) in [4.78, 5) is 24.9. The molecule has 0 aliphatic carbocycles. The van der Waals surface area contributed by atoms with Crippen molar-refractivity contribution in [2.24, 2.45) is 0 Å². The van der Waals surface area contributed by atoms with E-state index < -0.39 is 5.97 Å². The van der Waals surface area contributed by atoms with Gasteiger partial charge in [0.2, 0.25) is 5.91 Å². The summed E-state index contributed by atoms with van der Waals surface area (Å²) in [5, 5.41) is -0.201. The lowest BCUT2D eigenvalue weighted by Gasteiger charge is -2.25. The molecule has 0 bridgehead atoms. The molecule has 3 rings (SSSR count). The lowest BCUT2D eigenvalue weighted by molar-refractivity contribution is -0.146. The lowest BCUT2D eigenvalue weighted by Crippen LogP contribution is -2.34. The van der Waals surface area contributed by atoms with Gasteiger partial charge in [-0.1, -0.05) is 6.07 Å². The number of nitrogens with zero attached hydrogens (tertiary/aromatic N) is 1. The second-order valence-electron chi connectivity index (χ2n) is 4.66. The number of esters is 1. The topological polar surface area (TPSA) is 65.1 Å². The highest BCUT2D eigenvalue weighted by atomic mass is 32.2. The molecule has 21 heavy (non-hydrogen) atoms. The van der Waals surface area contributed by atoms with Gasteiger partial charge in [-0.15, -0.1) is 11.8 Å². The summed E-state index contributed by atoms with van der Waals surface area (Å²) >= 11 is 1.49. The summed E-state index contributed by atoms with van der Waals surface area (Å²) in [6, 6.07) is 5.60. The van der Waals surface area contributed by atoms with E-state index in [0.717, 1.165) is 5.56 Å². The molecule has 0 aromatic heterocycles. The first-order chi connectivity index (χ1) is 10.2. The van der Waals surface area contributed by atoms with Crippen molar-refractivity contribution in [2.75, 3.05) is 32.6 Å². The van der Waals surface area contributed by atoms with Gasteiger partial charge in [0, 0.05) is 0 Å². The summed E-state index contributed by atoms with van der Waals surface area (Å²) in [5.41, 5.74) is 0.916. The third-order valence-corrected chi connectivity index (χ3v) is 4.60. The predicted octanol–water partition coefficient (Wildman–Crippen LogP) is 1.20. The molecule has 0 radical (unpaired) electrons. The SMILES string of the molecule is COC(=O)CN1C(=O)CSC1c1ccc2c(c1)OCCO2. The number of hydrogen-bond donors (Lipinski definition) is 0. The number of rotatable bonds is 3. The van der Waals surface area contributed by atoms with E-state index in [-0.39, 0.29) is 17.8 Å². The molecule has 1 unspecified atom stereocenters. The van der Waals surface area contributed by atoms with Gasteiger partial charge in [-0.2, -0.15) is 0 Å². The van der Waals surface area contributed by atoms with Gasteiger partial charge >= 0.3 is 5.97 Å². The Bertz CT molecular complexity index is 576. The van der Waals surface area contributed by atoms with Crippen molar-refractivity contribution < 1.29 is 23.8 Å². The molecule has 2 heterocycles. The van der Waals surface area contributed by atoms with E-state index in [4.69, 9.17) is 9.47 Å². The van der Waals surface area contributed by atoms with Gasteiger partial charge in [-0.3, -0.25) is 9.59 Å². The normalized spacial score (nSPS) is 20.5. The maximum Gasteiger partial charge on any atom is 0.325 e. The smallest absolute Gasteiger partial charge is 0.325 e. The first-order valence-corrected chi connectivity index (χ1v) is 7.61. The Morgan fingerprint density at radius 2 is 2.14 bits per heavy atom. The monoisotopic (exact) mass is 309 g/mol. The van der Waals surface area contributed by atoms with Crippen LogP contribution in [0.4, 0.5) is 0 Å². The number of benzene rings is 1. The first-order valence-electron chi connectivity index (χ1n) is 6.56. The second-order valence-corrected chi connectivity index (χ2v) is 5.73. The van der Waals surface area contributed by atoms with Crippen molar-refractivity contribution in [2.45, 2.75) is 5.37 Å². The Labute approximate surface area is 126 Å². The van der Waals surface area contributed by atoms with Crippen LogP contribution in [0.5, 0.6) is 11.5 Å². The highest BCUT2D eigenvalue weighted by molar-refractivity contribution is 8.00. The van der Waals surface area contributed by atoms with Crippen LogP contribution >= 0.6 is 11.8 Å². The molecule has 6 nitrogen and oxygen atoms in total. The summed E-state index contributed by atoms with van der Waals surface area (Å²) in [6.45, 7) is 1.01. The van der Waals surface area contributed by atoms with E-state index in [1.165, 1.54) is 23.8 Å². The molecule has 1 fully saturated rings. The number of amides is 1. The van der Waals surface area contributed by atoms with Gasteiger partial charge in [-0.25, -0.2) is 0 Å². The average Bonchev–Trinajstić information content (AvgIpc) is 2.87. The average molecular weight is 309 g/mol. The van der Waals surface area contributed by atoms with Crippen LogP contribution in [-0.2, 0) is 14.3 Å².